The minimum atomic E-state index is 0.110. The van der Waals surface area contributed by atoms with Crippen LogP contribution >= 0.6 is 11.8 Å². The number of unbranched alkanes of at least 4 members (excludes halogenated alkanes) is 3. The van der Waals surface area contributed by atoms with E-state index in [9.17, 15) is 4.79 Å². The first-order valence-corrected chi connectivity index (χ1v) is 8.47. The third-order valence-corrected chi connectivity index (χ3v) is 4.39. The number of rotatable bonds is 7. The van der Waals surface area contributed by atoms with Gasteiger partial charge in [0.15, 0.2) is 0 Å². The van der Waals surface area contributed by atoms with E-state index in [4.69, 9.17) is 0 Å². The fourth-order valence-corrected chi connectivity index (χ4v) is 2.98. The minimum Gasteiger partial charge on any atom is -0.281 e. The normalized spacial score (nSPS) is 10.5. The molecular formula is C19H22OS. The molecule has 21 heavy (non-hydrogen) atoms. The molecule has 2 aromatic carbocycles. The highest BCUT2D eigenvalue weighted by Gasteiger charge is 2.07. The van der Waals surface area contributed by atoms with Gasteiger partial charge in [0, 0.05) is 10.5 Å². The molecule has 0 saturated heterocycles. The van der Waals surface area contributed by atoms with Crippen LogP contribution < -0.4 is 0 Å². The first-order chi connectivity index (χ1) is 10.3. The molecule has 0 atom stereocenters. The van der Waals surface area contributed by atoms with Crippen LogP contribution in [0.5, 0.6) is 0 Å². The van der Waals surface area contributed by atoms with Gasteiger partial charge in [0.1, 0.15) is 0 Å². The van der Waals surface area contributed by atoms with E-state index in [1.165, 1.54) is 43.0 Å². The van der Waals surface area contributed by atoms with E-state index in [-0.39, 0.29) is 5.12 Å². The lowest BCUT2D eigenvalue weighted by atomic mass is 10.1. The van der Waals surface area contributed by atoms with Gasteiger partial charge in [0.25, 0.3) is 0 Å². The van der Waals surface area contributed by atoms with Gasteiger partial charge in [-0.25, -0.2) is 0 Å². The summed E-state index contributed by atoms with van der Waals surface area (Å²) in [6.07, 6.45) is 6.22. The van der Waals surface area contributed by atoms with Crippen molar-refractivity contribution in [3.05, 3.63) is 65.7 Å². The highest BCUT2D eigenvalue weighted by atomic mass is 32.2. The molecule has 0 radical (unpaired) electrons. The van der Waals surface area contributed by atoms with E-state index in [2.05, 4.69) is 19.1 Å². The highest BCUT2D eigenvalue weighted by molar-refractivity contribution is 8.14. The summed E-state index contributed by atoms with van der Waals surface area (Å²) in [5.41, 5.74) is 2.11. The van der Waals surface area contributed by atoms with E-state index in [0.717, 1.165) is 16.9 Å². The van der Waals surface area contributed by atoms with Gasteiger partial charge in [-0.1, -0.05) is 68.7 Å². The Bertz CT molecular complexity index is 546. The molecule has 0 amide bonds. The predicted molar refractivity (Wildman–Crippen MR) is 90.9 cm³/mol. The number of aryl methyl sites for hydroxylation is 1. The molecule has 1 nitrogen and oxygen atoms in total. The van der Waals surface area contributed by atoms with Gasteiger partial charge in [-0.15, -0.1) is 0 Å². The van der Waals surface area contributed by atoms with Crippen molar-refractivity contribution in [2.24, 2.45) is 0 Å². The molecule has 2 rings (SSSR count). The van der Waals surface area contributed by atoms with Crippen LogP contribution in [0.4, 0.5) is 0 Å². The van der Waals surface area contributed by atoms with Crippen molar-refractivity contribution in [2.45, 2.75) is 43.9 Å². The summed E-state index contributed by atoms with van der Waals surface area (Å²) in [5.74, 6) is 0. The Balaban J connectivity index is 1.88. The fourth-order valence-electron chi connectivity index (χ4n) is 2.22. The Hall–Kier alpha value is -1.54. The summed E-state index contributed by atoms with van der Waals surface area (Å²) < 4.78 is 0. The molecule has 0 aliphatic rings. The molecule has 0 spiro atoms. The summed E-state index contributed by atoms with van der Waals surface area (Å²) in [6, 6.07) is 17.9. The Morgan fingerprint density at radius 3 is 2.29 bits per heavy atom. The lowest BCUT2D eigenvalue weighted by molar-refractivity contribution is 0.108. The molecule has 0 bridgehead atoms. The zero-order valence-electron chi connectivity index (χ0n) is 12.5. The van der Waals surface area contributed by atoms with Crippen LogP contribution in [0.3, 0.4) is 0 Å². The molecule has 2 heteroatoms. The Morgan fingerprint density at radius 1 is 0.905 bits per heavy atom. The monoisotopic (exact) mass is 298 g/mol. The van der Waals surface area contributed by atoms with E-state index < -0.39 is 0 Å². The molecule has 0 aliphatic heterocycles. The van der Waals surface area contributed by atoms with E-state index in [1.807, 2.05) is 42.5 Å². The van der Waals surface area contributed by atoms with Gasteiger partial charge < -0.3 is 0 Å². The van der Waals surface area contributed by atoms with E-state index in [1.54, 1.807) is 0 Å². The summed E-state index contributed by atoms with van der Waals surface area (Å²) in [6.45, 7) is 2.23. The number of hydrogen-bond acceptors (Lipinski definition) is 2. The van der Waals surface area contributed by atoms with Gasteiger partial charge in [0.05, 0.1) is 0 Å². The highest BCUT2D eigenvalue weighted by Crippen LogP contribution is 2.22. The number of benzene rings is 2. The summed E-state index contributed by atoms with van der Waals surface area (Å²) in [4.78, 5) is 13.2. The van der Waals surface area contributed by atoms with Gasteiger partial charge >= 0.3 is 0 Å². The molecule has 2 aromatic rings. The molecule has 0 heterocycles. The van der Waals surface area contributed by atoms with Gasteiger partial charge in [0.2, 0.25) is 5.12 Å². The lowest BCUT2D eigenvalue weighted by Gasteiger charge is -2.04. The largest absolute Gasteiger partial charge is 0.281 e. The molecule has 0 saturated carbocycles. The third kappa shape index (κ3) is 5.39. The molecule has 110 valence electrons. The zero-order chi connectivity index (χ0) is 14.9. The molecule has 0 fully saturated rings. The maximum Gasteiger partial charge on any atom is 0.224 e. The van der Waals surface area contributed by atoms with Gasteiger partial charge in [-0.05, 0) is 42.3 Å². The molecule has 0 N–H and O–H groups in total. The van der Waals surface area contributed by atoms with Gasteiger partial charge in [-0.3, -0.25) is 4.79 Å². The fraction of sp³-hybridized carbons (Fsp3) is 0.316. The van der Waals surface area contributed by atoms with Crippen LogP contribution in [0.25, 0.3) is 0 Å². The Labute approximate surface area is 131 Å². The smallest absolute Gasteiger partial charge is 0.224 e. The maximum absolute atomic E-state index is 12.2. The van der Waals surface area contributed by atoms with Crippen LogP contribution in [0.1, 0.15) is 48.5 Å². The Kier molecular flexibility index (Phi) is 6.55. The first-order valence-electron chi connectivity index (χ1n) is 7.66. The number of thioether (sulfide) groups is 1. The average Bonchev–Trinajstić information content (AvgIpc) is 2.53. The van der Waals surface area contributed by atoms with Gasteiger partial charge in [-0.2, -0.15) is 0 Å². The van der Waals surface area contributed by atoms with Crippen molar-refractivity contribution in [1.82, 2.24) is 0 Å². The standard InChI is InChI=1S/C19H22OS/c1-2-3-4-6-9-16-12-14-17(15-13-16)19(20)21-18-10-7-5-8-11-18/h5,7-8,10-15H,2-4,6,9H2,1H3. The second kappa shape index (κ2) is 8.68. The van der Waals surface area contributed by atoms with Crippen LogP contribution in [-0.4, -0.2) is 5.12 Å². The van der Waals surface area contributed by atoms with Crippen molar-refractivity contribution >= 4 is 16.9 Å². The third-order valence-electron chi connectivity index (χ3n) is 3.46. The van der Waals surface area contributed by atoms with Crippen LogP contribution in [0.15, 0.2) is 59.5 Å². The molecule has 0 aliphatic carbocycles. The number of carbonyl (C=O) groups is 1. The van der Waals surface area contributed by atoms with Crippen LogP contribution in [-0.2, 0) is 6.42 Å². The summed E-state index contributed by atoms with van der Waals surface area (Å²) in [7, 11) is 0. The zero-order valence-corrected chi connectivity index (χ0v) is 13.4. The van der Waals surface area contributed by atoms with Crippen molar-refractivity contribution in [1.29, 1.82) is 0 Å². The van der Waals surface area contributed by atoms with Crippen LogP contribution in [0, 0.1) is 0 Å². The second-order valence-corrected chi connectivity index (χ2v) is 6.26. The minimum absolute atomic E-state index is 0.110. The summed E-state index contributed by atoms with van der Waals surface area (Å²) in [5, 5.41) is 0.110. The SMILES string of the molecule is CCCCCCc1ccc(C(=O)Sc2ccccc2)cc1. The second-order valence-electron chi connectivity index (χ2n) is 5.21. The number of hydrogen-bond donors (Lipinski definition) is 0. The van der Waals surface area contributed by atoms with E-state index >= 15 is 0 Å². The summed E-state index contributed by atoms with van der Waals surface area (Å²) >= 11 is 1.29. The van der Waals surface area contributed by atoms with Crippen molar-refractivity contribution in [3.8, 4) is 0 Å². The number of carbonyl (C=O) groups excluding carboxylic acids is 1. The van der Waals surface area contributed by atoms with Crippen LogP contribution in [0.2, 0.25) is 0 Å². The first kappa shape index (κ1) is 15.8. The topological polar surface area (TPSA) is 17.1 Å². The molecule has 0 unspecified atom stereocenters. The Morgan fingerprint density at radius 2 is 1.62 bits per heavy atom. The molecular weight excluding hydrogens is 276 g/mol. The average molecular weight is 298 g/mol. The van der Waals surface area contributed by atoms with Crippen molar-refractivity contribution < 1.29 is 4.79 Å². The van der Waals surface area contributed by atoms with Crippen molar-refractivity contribution in [3.63, 3.8) is 0 Å². The molecule has 0 aromatic heterocycles. The lowest BCUT2D eigenvalue weighted by Crippen LogP contribution is -1.94. The predicted octanol–water partition coefficient (Wildman–Crippen LogP) is 5.74. The van der Waals surface area contributed by atoms with Crippen molar-refractivity contribution in [2.75, 3.05) is 0 Å². The maximum atomic E-state index is 12.2. The quantitative estimate of drug-likeness (QED) is 0.479. The van der Waals surface area contributed by atoms with E-state index in [0.29, 0.717) is 0 Å².